The molecule has 0 amide bonds. The fraction of sp³-hybridized carbons (Fsp3) is 0.167. The standard InChI is InChI=1S/C12H9FN4O2S/c1-17-12(15-10(18)11(19)16-17)20-6-8-4-7(5-14)2-3-9(8)13/h2-4H,6H2,1H3,(H,16,19). The maximum Gasteiger partial charge on any atom is 0.339 e. The van der Waals surface area contributed by atoms with Gasteiger partial charge in [-0.3, -0.25) is 19.4 Å². The number of aryl methyl sites for hydroxylation is 1. The van der Waals surface area contributed by atoms with Gasteiger partial charge in [0.05, 0.1) is 11.6 Å². The van der Waals surface area contributed by atoms with E-state index in [-0.39, 0.29) is 10.9 Å². The molecular weight excluding hydrogens is 283 g/mol. The maximum atomic E-state index is 13.6. The minimum Gasteiger partial charge on any atom is -0.265 e. The summed E-state index contributed by atoms with van der Waals surface area (Å²) in [6.45, 7) is 0. The van der Waals surface area contributed by atoms with Crippen molar-refractivity contribution in [2.24, 2.45) is 7.05 Å². The maximum absolute atomic E-state index is 13.6. The normalized spacial score (nSPS) is 10.2. The minimum atomic E-state index is -0.892. The minimum absolute atomic E-state index is 0.188. The molecule has 6 nitrogen and oxygen atoms in total. The number of aromatic amines is 1. The second-order valence-electron chi connectivity index (χ2n) is 3.91. The van der Waals surface area contributed by atoms with Gasteiger partial charge in [-0.25, -0.2) is 4.39 Å². The average molecular weight is 292 g/mol. The number of nitriles is 1. The number of nitrogens with one attached hydrogen (secondary N) is 1. The van der Waals surface area contributed by atoms with Crippen LogP contribution in [0.5, 0.6) is 0 Å². The molecule has 0 bridgehead atoms. The van der Waals surface area contributed by atoms with Gasteiger partial charge in [0.2, 0.25) is 0 Å². The zero-order valence-corrected chi connectivity index (χ0v) is 11.2. The second kappa shape index (κ2) is 5.71. The lowest BCUT2D eigenvalue weighted by atomic mass is 10.1. The van der Waals surface area contributed by atoms with Crippen LogP contribution < -0.4 is 11.1 Å². The van der Waals surface area contributed by atoms with E-state index in [1.165, 1.54) is 29.9 Å². The van der Waals surface area contributed by atoms with Crippen LogP contribution in [0.25, 0.3) is 0 Å². The Morgan fingerprint density at radius 2 is 2.25 bits per heavy atom. The third-order valence-corrected chi connectivity index (χ3v) is 3.56. The van der Waals surface area contributed by atoms with Crippen LogP contribution in [0, 0.1) is 17.1 Å². The van der Waals surface area contributed by atoms with E-state index in [0.717, 1.165) is 11.8 Å². The van der Waals surface area contributed by atoms with Crippen LogP contribution >= 0.6 is 11.8 Å². The highest BCUT2D eigenvalue weighted by atomic mass is 32.2. The Morgan fingerprint density at radius 1 is 1.50 bits per heavy atom. The van der Waals surface area contributed by atoms with Gasteiger partial charge < -0.3 is 0 Å². The summed E-state index contributed by atoms with van der Waals surface area (Å²) >= 11 is 1.09. The van der Waals surface area contributed by atoms with Crippen molar-refractivity contribution in [3.05, 3.63) is 55.9 Å². The average Bonchev–Trinajstić information content (AvgIpc) is 2.43. The smallest absolute Gasteiger partial charge is 0.265 e. The van der Waals surface area contributed by atoms with Crippen LogP contribution in [0.2, 0.25) is 0 Å². The van der Waals surface area contributed by atoms with Gasteiger partial charge in [-0.05, 0) is 23.8 Å². The molecule has 0 aliphatic rings. The Bertz CT molecular complexity index is 806. The number of hydrogen-bond donors (Lipinski definition) is 1. The first-order valence-corrected chi connectivity index (χ1v) is 6.48. The van der Waals surface area contributed by atoms with E-state index in [4.69, 9.17) is 5.26 Å². The summed E-state index contributed by atoms with van der Waals surface area (Å²) in [6, 6.07) is 5.97. The van der Waals surface area contributed by atoms with E-state index in [1.54, 1.807) is 0 Å². The summed E-state index contributed by atoms with van der Waals surface area (Å²) in [7, 11) is 1.53. The molecule has 1 N–H and O–H groups in total. The lowest BCUT2D eigenvalue weighted by Crippen LogP contribution is -2.33. The molecule has 102 valence electrons. The van der Waals surface area contributed by atoms with E-state index in [0.29, 0.717) is 11.1 Å². The van der Waals surface area contributed by atoms with Crippen LogP contribution in [0.1, 0.15) is 11.1 Å². The first kappa shape index (κ1) is 14.0. The number of aromatic nitrogens is 3. The van der Waals surface area contributed by atoms with Gasteiger partial charge in [-0.15, -0.1) is 0 Å². The van der Waals surface area contributed by atoms with Crippen molar-refractivity contribution in [3.8, 4) is 6.07 Å². The molecule has 0 atom stereocenters. The highest BCUT2D eigenvalue weighted by molar-refractivity contribution is 7.98. The molecule has 0 saturated carbocycles. The monoisotopic (exact) mass is 292 g/mol. The predicted molar refractivity (Wildman–Crippen MR) is 70.8 cm³/mol. The fourth-order valence-electron chi connectivity index (χ4n) is 1.49. The molecule has 2 rings (SSSR count). The molecule has 20 heavy (non-hydrogen) atoms. The molecule has 0 radical (unpaired) electrons. The van der Waals surface area contributed by atoms with Crippen molar-refractivity contribution in [1.82, 2.24) is 14.8 Å². The number of rotatable bonds is 3. The molecule has 0 unspecified atom stereocenters. The van der Waals surface area contributed by atoms with Crippen LogP contribution in [-0.4, -0.2) is 14.8 Å². The first-order valence-electron chi connectivity index (χ1n) is 5.50. The number of hydrogen-bond acceptors (Lipinski definition) is 5. The van der Waals surface area contributed by atoms with Gasteiger partial charge in [0, 0.05) is 12.8 Å². The SMILES string of the molecule is Cn1[nH]c(=O)c(=O)nc1SCc1cc(C#N)ccc1F. The molecule has 0 saturated heterocycles. The Kier molecular flexibility index (Phi) is 4.00. The van der Waals surface area contributed by atoms with Crippen molar-refractivity contribution in [1.29, 1.82) is 5.26 Å². The molecule has 2 aromatic rings. The molecule has 1 aromatic heterocycles. The second-order valence-corrected chi connectivity index (χ2v) is 4.85. The van der Waals surface area contributed by atoms with Crippen molar-refractivity contribution in [2.75, 3.05) is 0 Å². The zero-order chi connectivity index (χ0) is 14.7. The molecule has 0 aliphatic carbocycles. The van der Waals surface area contributed by atoms with Gasteiger partial charge in [-0.2, -0.15) is 10.2 Å². The van der Waals surface area contributed by atoms with Crippen molar-refractivity contribution in [2.45, 2.75) is 10.9 Å². The highest BCUT2D eigenvalue weighted by Gasteiger charge is 2.08. The van der Waals surface area contributed by atoms with Crippen molar-refractivity contribution in [3.63, 3.8) is 0 Å². The van der Waals surface area contributed by atoms with Crippen molar-refractivity contribution >= 4 is 11.8 Å². The molecule has 8 heteroatoms. The Labute approximate surface area is 116 Å². The van der Waals surface area contributed by atoms with Crippen LogP contribution in [-0.2, 0) is 12.8 Å². The van der Waals surface area contributed by atoms with Crippen LogP contribution in [0.3, 0.4) is 0 Å². The Balaban J connectivity index is 2.25. The van der Waals surface area contributed by atoms with E-state index in [2.05, 4.69) is 10.1 Å². The highest BCUT2D eigenvalue weighted by Crippen LogP contribution is 2.21. The van der Waals surface area contributed by atoms with Crippen LogP contribution in [0.4, 0.5) is 4.39 Å². The molecule has 1 heterocycles. The zero-order valence-electron chi connectivity index (χ0n) is 10.4. The summed E-state index contributed by atoms with van der Waals surface area (Å²) in [6.07, 6.45) is 0. The van der Waals surface area contributed by atoms with Crippen molar-refractivity contribution < 1.29 is 4.39 Å². The Morgan fingerprint density at radius 3 is 2.95 bits per heavy atom. The number of thioether (sulfide) groups is 1. The molecule has 0 aliphatic heterocycles. The van der Waals surface area contributed by atoms with E-state index < -0.39 is 16.9 Å². The predicted octanol–water partition coefficient (Wildman–Crippen LogP) is 0.772. The molecule has 1 aromatic carbocycles. The fourth-order valence-corrected chi connectivity index (χ4v) is 2.38. The number of H-pyrrole nitrogens is 1. The van der Waals surface area contributed by atoms with Gasteiger partial charge in [0.1, 0.15) is 5.82 Å². The molecule has 0 fully saturated rings. The lowest BCUT2D eigenvalue weighted by Gasteiger charge is -2.06. The number of benzene rings is 1. The lowest BCUT2D eigenvalue weighted by molar-refractivity contribution is 0.595. The summed E-state index contributed by atoms with van der Waals surface area (Å²) in [5, 5.41) is 11.3. The molecule has 0 spiro atoms. The topological polar surface area (TPSA) is 91.5 Å². The summed E-state index contributed by atoms with van der Waals surface area (Å²) in [5.74, 6) is -0.251. The quantitative estimate of drug-likeness (QED) is 0.666. The summed E-state index contributed by atoms with van der Waals surface area (Å²) in [5.41, 5.74) is -1.02. The van der Waals surface area contributed by atoms with Crippen LogP contribution in [0.15, 0.2) is 32.9 Å². The summed E-state index contributed by atoms with van der Waals surface area (Å²) in [4.78, 5) is 25.8. The van der Waals surface area contributed by atoms with Gasteiger partial charge in [-0.1, -0.05) is 11.8 Å². The van der Waals surface area contributed by atoms with E-state index in [1.807, 2.05) is 6.07 Å². The summed E-state index contributed by atoms with van der Waals surface area (Å²) < 4.78 is 14.9. The first-order chi connectivity index (χ1) is 9.51. The van der Waals surface area contributed by atoms with Gasteiger partial charge >= 0.3 is 11.1 Å². The van der Waals surface area contributed by atoms with Gasteiger partial charge in [0.15, 0.2) is 5.16 Å². The largest absolute Gasteiger partial charge is 0.339 e. The Hall–Kier alpha value is -2.40. The molecular formula is C12H9FN4O2S. The number of halogens is 1. The van der Waals surface area contributed by atoms with E-state index >= 15 is 0 Å². The van der Waals surface area contributed by atoms with E-state index in [9.17, 15) is 14.0 Å². The third kappa shape index (κ3) is 2.95. The number of nitrogens with zero attached hydrogens (tertiary/aromatic N) is 3. The van der Waals surface area contributed by atoms with Gasteiger partial charge in [0.25, 0.3) is 0 Å². The third-order valence-electron chi connectivity index (χ3n) is 2.48.